The molecule has 6 nitrogen and oxygen atoms in total. The SMILES string of the molecule is Cc1cnn(-c2ccc(NC(=O)NCC(O)CC(C)C)cc2F)c1. The number of benzene rings is 1. The highest BCUT2D eigenvalue weighted by molar-refractivity contribution is 5.89. The molecule has 0 saturated carbocycles. The Morgan fingerprint density at radius 2 is 2.17 bits per heavy atom. The van der Waals surface area contributed by atoms with Crippen molar-refractivity contribution in [1.29, 1.82) is 0 Å². The van der Waals surface area contributed by atoms with Crippen molar-refractivity contribution in [3.05, 3.63) is 42.0 Å². The summed E-state index contributed by atoms with van der Waals surface area (Å²) in [6, 6.07) is 3.89. The first-order valence-electron chi connectivity index (χ1n) is 7.89. The Morgan fingerprint density at radius 3 is 2.75 bits per heavy atom. The Morgan fingerprint density at radius 1 is 1.42 bits per heavy atom. The van der Waals surface area contributed by atoms with Gasteiger partial charge in [-0.25, -0.2) is 13.9 Å². The van der Waals surface area contributed by atoms with Gasteiger partial charge in [-0.15, -0.1) is 0 Å². The van der Waals surface area contributed by atoms with Gasteiger partial charge in [-0.1, -0.05) is 13.8 Å². The lowest BCUT2D eigenvalue weighted by Gasteiger charge is -2.14. The van der Waals surface area contributed by atoms with Crippen molar-refractivity contribution in [2.24, 2.45) is 5.92 Å². The van der Waals surface area contributed by atoms with Crippen LogP contribution in [0.1, 0.15) is 25.8 Å². The predicted molar refractivity (Wildman–Crippen MR) is 90.7 cm³/mol. The average Bonchev–Trinajstić information content (AvgIpc) is 2.91. The molecular formula is C17H23FN4O2. The third kappa shape index (κ3) is 5.06. The molecule has 0 aliphatic rings. The summed E-state index contributed by atoms with van der Waals surface area (Å²) in [5, 5.41) is 18.9. The number of aliphatic hydroxyl groups excluding tert-OH is 1. The van der Waals surface area contributed by atoms with Crippen LogP contribution in [0.2, 0.25) is 0 Å². The van der Waals surface area contributed by atoms with E-state index in [1.54, 1.807) is 24.5 Å². The second-order valence-corrected chi connectivity index (χ2v) is 6.25. The molecule has 1 heterocycles. The number of carbonyl (C=O) groups excluding carboxylic acids is 1. The van der Waals surface area contributed by atoms with Crippen molar-refractivity contribution in [2.75, 3.05) is 11.9 Å². The molecule has 0 aliphatic heterocycles. The second-order valence-electron chi connectivity index (χ2n) is 6.25. The number of rotatable bonds is 6. The number of aliphatic hydroxyl groups is 1. The van der Waals surface area contributed by atoms with Crippen LogP contribution in [0.4, 0.5) is 14.9 Å². The van der Waals surface area contributed by atoms with Crippen molar-refractivity contribution in [1.82, 2.24) is 15.1 Å². The number of carbonyl (C=O) groups is 1. The topological polar surface area (TPSA) is 79.2 Å². The van der Waals surface area contributed by atoms with E-state index in [0.29, 0.717) is 23.7 Å². The van der Waals surface area contributed by atoms with Crippen molar-refractivity contribution in [3.63, 3.8) is 0 Å². The number of urea groups is 1. The lowest BCUT2D eigenvalue weighted by Crippen LogP contribution is -2.35. The number of amides is 2. The van der Waals surface area contributed by atoms with Crippen LogP contribution in [0.25, 0.3) is 5.69 Å². The van der Waals surface area contributed by atoms with E-state index in [4.69, 9.17) is 0 Å². The van der Waals surface area contributed by atoms with Gasteiger partial charge in [-0.2, -0.15) is 5.10 Å². The maximum absolute atomic E-state index is 14.2. The molecule has 3 N–H and O–H groups in total. The van der Waals surface area contributed by atoms with Gasteiger partial charge in [0.25, 0.3) is 0 Å². The molecule has 1 aromatic carbocycles. The van der Waals surface area contributed by atoms with Gasteiger partial charge in [0.05, 0.1) is 12.3 Å². The van der Waals surface area contributed by atoms with Crippen LogP contribution in [0, 0.1) is 18.7 Å². The summed E-state index contributed by atoms with van der Waals surface area (Å²) in [5.74, 6) is -0.145. The highest BCUT2D eigenvalue weighted by atomic mass is 19.1. The van der Waals surface area contributed by atoms with Crippen molar-refractivity contribution in [2.45, 2.75) is 33.3 Å². The van der Waals surface area contributed by atoms with Crippen molar-refractivity contribution >= 4 is 11.7 Å². The Balaban J connectivity index is 1.93. The van der Waals surface area contributed by atoms with Crippen LogP contribution in [-0.2, 0) is 0 Å². The fourth-order valence-electron chi connectivity index (χ4n) is 2.33. The largest absolute Gasteiger partial charge is 0.391 e. The Kier molecular flexibility index (Phi) is 5.92. The van der Waals surface area contributed by atoms with Crippen LogP contribution in [-0.4, -0.2) is 33.6 Å². The molecule has 0 radical (unpaired) electrons. The number of nitrogens with one attached hydrogen (secondary N) is 2. The molecule has 2 amide bonds. The van der Waals surface area contributed by atoms with Crippen LogP contribution < -0.4 is 10.6 Å². The summed E-state index contributed by atoms with van der Waals surface area (Å²) in [6.07, 6.45) is 3.36. The fourth-order valence-corrected chi connectivity index (χ4v) is 2.33. The summed E-state index contributed by atoms with van der Waals surface area (Å²) in [5.41, 5.74) is 1.56. The molecule has 130 valence electrons. The van der Waals surface area contributed by atoms with Gasteiger partial charge < -0.3 is 15.7 Å². The molecule has 1 atom stereocenters. The van der Waals surface area contributed by atoms with Crippen LogP contribution >= 0.6 is 0 Å². The zero-order valence-corrected chi connectivity index (χ0v) is 14.1. The van der Waals surface area contributed by atoms with Gasteiger partial charge >= 0.3 is 6.03 Å². The predicted octanol–water partition coefficient (Wildman–Crippen LogP) is 2.85. The van der Waals surface area contributed by atoms with Gasteiger partial charge in [0.1, 0.15) is 5.69 Å². The smallest absolute Gasteiger partial charge is 0.319 e. The maximum atomic E-state index is 14.2. The first-order valence-corrected chi connectivity index (χ1v) is 7.89. The minimum absolute atomic E-state index is 0.150. The molecule has 0 saturated heterocycles. The van der Waals surface area contributed by atoms with E-state index in [-0.39, 0.29) is 6.54 Å². The van der Waals surface area contributed by atoms with Gasteiger partial charge in [0.2, 0.25) is 0 Å². The lowest BCUT2D eigenvalue weighted by atomic mass is 10.1. The van der Waals surface area contributed by atoms with Crippen LogP contribution in [0.3, 0.4) is 0 Å². The van der Waals surface area contributed by atoms with E-state index in [9.17, 15) is 14.3 Å². The quantitative estimate of drug-likeness (QED) is 0.760. The maximum Gasteiger partial charge on any atom is 0.319 e. The van der Waals surface area contributed by atoms with E-state index >= 15 is 0 Å². The van der Waals surface area contributed by atoms with E-state index < -0.39 is 18.0 Å². The summed E-state index contributed by atoms with van der Waals surface area (Å²) >= 11 is 0. The third-order valence-electron chi connectivity index (χ3n) is 3.41. The molecule has 0 spiro atoms. The monoisotopic (exact) mass is 334 g/mol. The van der Waals surface area contributed by atoms with E-state index in [1.807, 2.05) is 20.8 Å². The summed E-state index contributed by atoms with van der Waals surface area (Å²) in [4.78, 5) is 11.8. The zero-order chi connectivity index (χ0) is 17.7. The molecule has 7 heteroatoms. The van der Waals surface area contributed by atoms with E-state index in [0.717, 1.165) is 5.56 Å². The minimum Gasteiger partial charge on any atom is -0.391 e. The Bertz CT molecular complexity index is 700. The number of nitrogens with zero attached hydrogens (tertiary/aromatic N) is 2. The highest BCUT2D eigenvalue weighted by Crippen LogP contribution is 2.18. The van der Waals surface area contributed by atoms with Crippen molar-refractivity contribution < 1.29 is 14.3 Å². The molecule has 0 bridgehead atoms. The van der Waals surface area contributed by atoms with E-state index in [1.165, 1.54) is 10.7 Å². The number of hydrogen-bond acceptors (Lipinski definition) is 3. The third-order valence-corrected chi connectivity index (χ3v) is 3.41. The number of aryl methyl sites for hydroxylation is 1. The first-order chi connectivity index (χ1) is 11.3. The number of aromatic nitrogens is 2. The Hall–Kier alpha value is -2.41. The normalized spacial score (nSPS) is 12.2. The van der Waals surface area contributed by atoms with Crippen molar-refractivity contribution in [3.8, 4) is 5.69 Å². The molecule has 0 fully saturated rings. The minimum atomic E-state index is -0.599. The number of halogens is 1. The van der Waals surface area contributed by atoms with Crippen LogP contribution in [0.5, 0.6) is 0 Å². The zero-order valence-electron chi connectivity index (χ0n) is 14.1. The highest BCUT2D eigenvalue weighted by Gasteiger charge is 2.11. The summed E-state index contributed by atoms with van der Waals surface area (Å²) in [7, 11) is 0. The molecule has 2 aromatic rings. The summed E-state index contributed by atoms with van der Waals surface area (Å²) in [6.45, 7) is 6.01. The second kappa shape index (κ2) is 7.92. The number of anilines is 1. The average molecular weight is 334 g/mol. The molecule has 1 aromatic heterocycles. The molecular weight excluding hydrogens is 311 g/mol. The molecule has 1 unspecified atom stereocenters. The van der Waals surface area contributed by atoms with Gasteiger partial charge in [0.15, 0.2) is 5.82 Å². The summed E-state index contributed by atoms with van der Waals surface area (Å²) < 4.78 is 15.6. The number of hydrogen-bond donors (Lipinski definition) is 3. The van der Waals surface area contributed by atoms with E-state index in [2.05, 4.69) is 15.7 Å². The van der Waals surface area contributed by atoms with Gasteiger partial charge in [-0.3, -0.25) is 0 Å². The standard InChI is InChI=1S/C17H23FN4O2/c1-11(2)6-14(23)9-19-17(24)21-13-4-5-16(15(18)7-13)22-10-12(3)8-20-22/h4-5,7-8,10-11,14,23H,6,9H2,1-3H3,(H2,19,21,24). The van der Waals surface area contributed by atoms with Gasteiger partial charge in [-0.05, 0) is 43.0 Å². The lowest BCUT2D eigenvalue weighted by molar-refractivity contribution is 0.148. The van der Waals surface area contributed by atoms with Crippen LogP contribution in [0.15, 0.2) is 30.6 Å². The Labute approximate surface area is 140 Å². The molecule has 0 aliphatic carbocycles. The fraction of sp³-hybridized carbons (Fsp3) is 0.412. The first kappa shape index (κ1) is 17.9. The molecule has 24 heavy (non-hydrogen) atoms. The molecule has 2 rings (SSSR count). The van der Waals surface area contributed by atoms with Gasteiger partial charge in [0, 0.05) is 18.4 Å².